The highest BCUT2D eigenvalue weighted by molar-refractivity contribution is 5.35. The van der Waals surface area contributed by atoms with Crippen molar-refractivity contribution in [2.75, 3.05) is 6.54 Å². The van der Waals surface area contributed by atoms with Gasteiger partial charge in [-0.2, -0.15) is 0 Å². The zero-order chi connectivity index (χ0) is 12.5. The van der Waals surface area contributed by atoms with Crippen molar-refractivity contribution in [1.82, 2.24) is 5.32 Å². The minimum Gasteiger partial charge on any atom is -0.314 e. The van der Waals surface area contributed by atoms with E-state index in [1.165, 1.54) is 42.5 Å². The van der Waals surface area contributed by atoms with Crippen LogP contribution in [0.3, 0.4) is 0 Å². The monoisotopic (exact) mass is 231 g/mol. The molecule has 1 atom stereocenters. The first-order valence-electron chi connectivity index (χ1n) is 6.80. The van der Waals surface area contributed by atoms with Gasteiger partial charge in [0.2, 0.25) is 0 Å². The molecule has 2 rings (SSSR count). The molecule has 1 saturated heterocycles. The summed E-state index contributed by atoms with van der Waals surface area (Å²) in [4.78, 5) is 0. The van der Waals surface area contributed by atoms with Gasteiger partial charge in [-0.15, -0.1) is 0 Å². The van der Waals surface area contributed by atoms with Crippen LogP contribution in [0.15, 0.2) is 18.2 Å². The Morgan fingerprint density at radius 1 is 1.29 bits per heavy atom. The Hall–Kier alpha value is -0.820. The van der Waals surface area contributed by atoms with Gasteiger partial charge in [-0.25, -0.2) is 0 Å². The van der Waals surface area contributed by atoms with Crippen molar-refractivity contribution in [3.05, 3.63) is 34.9 Å². The molecule has 0 bridgehead atoms. The molecule has 1 heterocycles. The molecule has 94 valence electrons. The molecule has 0 saturated carbocycles. The topological polar surface area (TPSA) is 12.0 Å². The van der Waals surface area contributed by atoms with Crippen molar-refractivity contribution >= 4 is 0 Å². The molecule has 1 nitrogen and oxygen atoms in total. The molecule has 1 aromatic carbocycles. The maximum atomic E-state index is 3.59. The van der Waals surface area contributed by atoms with Crippen LogP contribution in [0.4, 0.5) is 0 Å². The van der Waals surface area contributed by atoms with Gasteiger partial charge in [0, 0.05) is 6.04 Å². The Kier molecular flexibility index (Phi) is 3.58. The minimum absolute atomic E-state index is 0.256. The third-order valence-corrected chi connectivity index (χ3v) is 3.84. The molecule has 0 amide bonds. The van der Waals surface area contributed by atoms with Gasteiger partial charge in [0.1, 0.15) is 0 Å². The lowest BCUT2D eigenvalue weighted by Crippen LogP contribution is -2.24. The van der Waals surface area contributed by atoms with Crippen LogP contribution in [-0.4, -0.2) is 12.6 Å². The van der Waals surface area contributed by atoms with Crippen LogP contribution >= 0.6 is 0 Å². The van der Waals surface area contributed by atoms with Gasteiger partial charge in [0.25, 0.3) is 0 Å². The summed E-state index contributed by atoms with van der Waals surface area (Å²) in [6, 6.07) is 7.67. The summed E-state index contributed by atoms with van der Waals surface area (Å²) in [6.07, 6.45) is 3.86. The summed E-state index contributed by atoms with van der Waals surface area (Å²) in [5.74, 6) is 0. The van der Waals surface area contributed by atoms with Crippen molar-refractivity contribution < 1.29 is 0 Å². The molecule has 1 aliphatic heterocycles. The lowest BCUT2D eigenvalue weighted by molar-refractivity contribution is 0.580. The number of hydrogen-bond acceptors (Lipinski definition) is 1. The summed E-state index contributed by atoms with van der Waals surface area (Å²) in [5.41, 5.74) is 4.67. The van der Waals surface area contributed by atoms with Crippen LogP contribution in [0, 0.1) is 6.92 Å². The molecule has 0 aromatic heterocycles. The highest BCUT2D eigenvalue weighted by Gasteiger charge is 2.18. The smallest absolute Gasteiger partial charge is 0.0108 e. The Bertz CT molecular complexity index is 381. The molecule has 1 aliphatic rings. The van der Waals surface area contributed by atoms with Crippen LogP contribution in [-0.2, 0) is 11.8 Å². The second kappa shape index (κ2) is 4.81. The van der Waals surface area contributed by atoms with Crippen LogP contribution < -0.4 is 5.32 Å². The first-order valence-corrected chi connectivity index (χ1v) is 6.80. The van der Waals surface area contributed by atoms with Gasteiger partial charge in [-0.1, -0.05) is 39.0 Å². The molecular weight excluding hydrogens is 206 g/mol. The van der Waals surface area contributed by atoms with E-state index < -0.39 is 0 Å². The van der Waals surface area contributed by atoms with Gasteiger partial charge in [0.15, 0.2) is 0 Å². The molecular formula is C16H25N. The van der Waals surface area contributed by atoms with Crippen LogP contribution in [0.1, 0.15) is 50.3 Å². The largest absolute Gasteiger partial charge is 0.314 e. The SMILES string of the molecule is Cc1ccc(C(C)(C)C)cc1CC1CCCN1. The Morgan fingerprint density at radius 3 is 2.65 bits per heavy atom. The second-order valence-corrected chi connectivity index (χ2v) is 6.39. The molecule has 17 heavy (non-hydrogen) atoms. The summed E-state index contributed by atoms with van der Waals surface area (Å²) in [5, 5.41) is 3.59. The van der Waals surface area contributed by atoms with Crippen LogP contribution in [0.5, 0.6) is 0 Å². The standard InChI is InChI=1S/C16H25N/c1-12-7-8-14(16(2,3)4)10-13(12)11-15-6-5-9-17-15/h7-8,10,15,17H,5-6,9,11H2,1-4H3. The summed E-state index contributed by atoms with van der Waals surface area (Å²) >= 11 is 0. The van der Waals surface area contributed by atoms with Gasteiger partial charge >= 0.3 is 0 Å². The Balaban J connectivity index is 2.20. The molecule has 0 spiro atoms. The lowest BCUT2D eigenvalue weighted by Gasteiger charge is -2.22. The third-order valence-electron chi connectivity index (χ3n) is 3.84. The lowest BCUT2D eigenvalue weighted by atomic mass is 9.84. The Labute approximate surface area is 106 Å². The highest BCUT2D eigenvalue weighted by atomic mass is 14.9. The molecule has 1 fully saturated rings. The van der Waals surface area contributed by atoms with Gasteiger partial charge in [-0.3, -0.25) is 0 Å². The zero-order valence-corrected chi connectivity index (χ0v) is 11.6. The summed E-state index contributed by atoms with van der Waals surface area (Å²) in [7, 11) is 0. The number of rotatable bonds is 2. The molecule has 1 aromatic rings. The van der Waals surface area contributed by atoms with Gasteiger partial charge < -0.3 is 5.32 Å². The summed E-state index contributed by atoms with van der Waals surface area (Å²) in [6.45, 7) is 10.3. The van der Waals surface area contributed by atoms with Gasteiger partial charge in [-0.05, 0) is 54.8 Å². The quantitative estimate of drug-likeness (QED) is 0.820. The summed E-state index contributed by atoms with van der Waals surface area (Å²) < 4.78 is 0. The average molecular weight is 231 g/mol. The van der Waals surface area contributed by atoms with E-state index in [-0.39, 0.29) is 5.41 Å². The number of aryl methyl sites for hydroxylation is 1. The van der Waals surface area contributed by atoms with Crippen LogP contribution in [0.2, 0.25) is 0 Å². The Morgan fingerprint density at radius 2 is 2.06 bits per heavy atom. The second-order valence-electron chi connectivity index (χ2n) is 6.39. The predicted molar refractivity (Wildman–Crippen MR) is 74.6 cm³/mol. The van der Waals surface area contributed by atoms with E-state index in [1.54, 1.807) is 0 Å². The zero-order valence-electron chi connectivity index (χ0n) is 11.6. The third kappa shape index (κ3) is 3.10. The fourth-order valence-corrected chi connectivity index (χ4v) is 2.55. The number of hydrogen-bond donors (Lipinski definition) is 1. The van der Waals surface area contributed by atoms with E-state index in [4.69, 9.17) is 0 Å². The van der Waals surface area contributed by atoms with E-state index in [0.29, 0.717) is 6.04 Å². The van der Waals surface area contributed by atoms with E-state index >= 15 is 0 Å². The molecule has 1 heteroatoms. The molecule has 0 aliphatic carbocycles. The maximum Gasteiger partial charge on any atom is 0.0108 e. The van der Waals surface area contributed by atoms with Crippen LogP contribution in [0.25, 0.3) is 0 Å². The maximum absolute atomic E-state index is 3.59. The normalized spacial score (nSPS) is 20.8. The van der Waals surface area contributed by atoms with Crippen molar-refractivity contribution in [2.45, 2.75) is 58.4 Å². The first-order chi connectivity index (χ1) is 7.97. The average Bonchev–Trinajstić information content (AvgIpc) is 2.72. The van der Waals surface area contributed by atoms with Crippen molar-refractivity contribution in [1.29, 1.82) is 0 Å². The molecule has 1 N–H and O–H groups in total. The van der Waals surface area contributed by atoms with Crippen molar-refractivity contribution in [3.8, 4) is 0 Å². The molecule has 1 unspecified atom stereocenters. The minimum atomic E-state index is 0.256. The number of nitrogens with one attached hydrogen (secondary N) is 1. The highest BCUT2D eigenvalue weighted by Crippen LogP contribution is 2.25. The first kappa shape index (κ1) is 12.6. The van der Waals surface area contributed by atoms with E-state index in [9.17, 15) is 0 Å². The fraction of sp³-hybridized carbons (Fsp3) is 0.625. The van der Waals surface area contributed by atoms with E-state index in [2.05, 4.69) is 51.2 Å². The fourth-order valence-electron chi connectivity index (χ4n) is 2.55. The van der Waals surface area contributed by atoms with E-state index in [1.807, 2.05) is 0 Å². The molecule has 0 radical (unpaired) electrons. The van der Waals surface area contributed by atoms with Gasteiger partial charge in [0.05, 0.1) is 0 Å². The van der Waals surface area contributed by atoms with Crippen molar-refractivity contribution in [3.63, 3.8) is 0 Å². The van der Waals surface area contributed by atoms with E-state index in [0.717, 1.165) is 0 Å². The van der Waals surface area contributed by atoms with Crippen molar-refractivity contribution in [2.24, 2.45) is 0 Å². The number of benzene rings is 1. The predicted octanol–water partition coefficient (Wildman–Crippen LogP) is 3.59.